The van der Waals surface area contributed by atoms with Gasteiger partial charge in [-0.1, -0.05) is 72.8 Å². The quantitative estimate of drug-likeness (QED) is 0.649. The van der Waals surface area contributed by atoms with Gasteiger partial charge in [-0.3, -0.25) is 0 Å². The minimum absolute atomic E-state index is 0.305. The van der Waals surface area contributed by atoms with Crippen LogP contribution >= 0.6 is 0 Å². The Hall–Kier alpha value is -2.82. The topological polar surface area (TPSA) is 70.5 Å². The van der Waals surface area contributed by atoms with E-state index in [4.69, 9.17) is 20.9 Å². The third-order valence-corrected chi connectivity index (χ3v) is 4.13. The molecule has 1 unspecified atom stereocenters. The van der Waals surface area contributed by atoms with E-state index in [9.17, 15) is 0 Å². The van der Waals surface area contributed by atoms with Crippen LogP contribution < -0.4 is 20.9 Å². The predicted octanol–water partition coefficient (Wildman–Crippen LogP) is 3.80. The van der Waals surface area contributed by atoms with Crippen molar-refractivity contribution in [3.8, 4) is 11.5 Å². The van der Waals surface area contributed by atoms with Crippen LogP contribution in [0.25, 0.3) is 0 Å². The van der Waals surface area contributed by atoms with Gasteiger partial charge in [-0.2, -0.15) is 0 Å². The van der Waals surface area contributed by atoms with Crippen LogP contribution in [-0.4, -0.2) is 6.54 Å². The first-order valence-corrected chi connectivity index (χ1v) is 8.70. The minimum atomic E-state index is -0.305. The maximum absolute atomic E-state index is 6.18. The monoisotopic (exact) mass is 348 g/mol. The van der Waals surface area contributed by atoms with Gasteiger partial charge in [0.25, 0.3) is 0 Å². The van der Waals surface area contributed by atoms with Crippen LogP contribution in [0.4, 0.5) is 0 Å². The molecule has 1 atom stereocenters. The van der Waals surface area contributed by atoms with Gasteiger partial charge in [0.1, 0.15) is 13.2 Å². The average molecular weight is 348 g/mol. The predicted molar refractivity (Wildman–Crippen MR) is 104 cm³/mol. The maximum atomic E-state index is 6.18. The third-order valence-electron chi connectivity index (χ3n) is 4.13. The first-order valence-electron chi connectivity index (χ1n) is 8.70. The van der Waals surface area contributed by atoms with Crippen molar-refractivity contribution >= 4 is 0 Å². The zero-order valence-electron chi connectivity index (χ0n) is 14.7. The maximum Gasteiger partial charge on any atom is 0.166 e. The Labute approximate surface area is 154 Å². The fraction of sp³-hybridized carbons (Fsp3) is 0.182. The van der Waals surface area contributed by atoms with E-state index in [0.29, 0.717) is 31.3 Å². The number of benzene rings is 3. The molecule has 134 valence electrons. The van der Waals surface area contributed by atoms with Crippen molar-refractivity contribution in [1.29, 1.82) is 0 Å². The summed E-state index contributed by atoms with van der Waals surface area (Å²) in [5.41, 5.74) is 15.0. The molecule has 3 aromatic carbocycles. The van der Waals surface area contributed by atoms with E-state index >= 15 is 0 Å². The lowest BCUT2D eigenvalue weighted by atomic mass is 10.1. The van der Waals surface area contributed by atoms with E-state index < -0.39 is 0 Å². The summed E-state index contributed by atoms with van der Waals surface area (Å²) in [7, 11) is 0. The van der Waals surface area contributed by atoms with Crippen molar-refractivity contribution in [2.75, 3.05) is 6.54 Å². The SMILES string of the molecule is NCC(N)c1cccc(OCc2ccccc2)c1OCc1ccccc1. The standard InChI is InChI=1S/C22H24N2O2/c23-14-20(24)19-12-7-13-21(25-15-17-8-3-1-4-9-17)22(19)26-16-18-10-5-2-6-11-18/h1-13,20H,14-16,23-24H2. The summed E-state index contributed by atoms with van der Waals surface area (Å²) in [5.74, 6) is 1.33. The van der Waals surface area contributed by atoms with Crippen LogP contribution in [0.1, 0.15) is 22.7 Å². The second kappa shape index (κ2) is 9.04. The highest BCUT2D eigenvalue weighted by Crippen LogP contribution is 2.35. The van der Waals surface area contributed by atoms with Crippen LogP contribution in [0.5, 0.6) is 11.5 Å². The molecule has 0 aromatic heterocycles. The lowest BCUT2D eigenvalue weighted by Gasteiger charge is -2.19. The van der Waals surface area contributed by atoms with Crippen LogP contribution in [0.15, 0.2) is 78.9 Å². The van der Waals surface area contributed by atoms with Crippen molar-refractivity contribution < 1.29 is 9.47 Å². The number of hydrogen-bond acceptors (Lipinski definition) is 4. The van der Waals surface area contributed by atoms with E-state index in [1.807, 2.05) is 78.9 Å². The highest BCUT2D eigenvalue weighted by molar-refractivity contribution is 5.48. The highest BCUT2D eigenvalue weighted by atomic mass is 16.5. The summed E-state index contributed by atoms with van der Waals surface area (Å²) in [6.07, 6.45) is 0. The number of nitrogens with two attached hydrogens (primary N) is 2. The molecule has 0 aliphatic heterocycles. The molecule has 0 bridgehead atoms. The normalized spacial score (nSPS) is 11.8. The van der Waals surface area contributed by atoms with E-state index in [1.165, 1.54) is 0 Å². The summed E-state index contributed by atoms with van der Waals surface area (Å²) in [6, 6.07) is 25.5. The molecule has 4 heteroatoms. The molecule has 0 amide bonds. The zero-order chi connectivity index (χ0) is 18.2. The second-order valence-corrected chi connectivity index (χ2v) is 6.07. The number of ether oxygens (including phenoxy) is 2. The molecule has 0 spiro atoms. The number of para-hydroxylation sites is 1. The van der Waals surface area contributed by atoms with Gasteiger partial charge in [-0.25, -0.2) is 0 Å². The van der Waals surface area contributed by atoms with Crippen molar-refractivity contribution in [3.05, 3.63) is 95.6 Å². The van der Waals surface area contributed by atoms with Gasteiger partial charge < -0.3 is 20.9 Å². The number of rotatable bonds is 8. The van der Waals surface area contributed by atoms with Crippen LogP contribution in [0.2, 0.25) is 0 Å². The van der Waals surface area contributed by atoms with Gasteiger partial charge in [0.15, 0.2) is 11.5 Å². The molecule has 0 aliphatic carbocycles. The summed E-state index contributed by atoms with van der Waals surface area (Å²) in [5, 5.41) is 0. The molecule has 4 N–H and O–H groups in total. The molecule has 0 fully saturated rings. The second-order valence-electron chi connectivity index (χ2n) is 6.07. The Morgan fingerprint density at radius 3 is 1.85 bits per heavy atom. The molecule has 0 radical (unpaired) electrons. The summed E-state index contributed by atoms with van der Waals surface area (Å²) in [4.78, 5) is 0. The summed E-state index contributed by atoms with van der Waals surface area (Å²) < 4.78 is 12.1. The third kappa shape index (κ3) is 4.63. The van der Waals surface area contributed by atoms with Crippen LogP contribution in [0.3, 0.4) is 0 Å². The Balaban J connectivity index is 1.82. The van der Waals surface area contributed by atoms with Gasteiger partial charge >= 0.3 is 0 Å². The van der Waals surface area contributed by atoms with Crippen LogP contribution in [-0.2, 0) is 13.2 Å². The van der Waals surface area contributed by atoms with E-state index in [-0.39, 0.29) is 6.04 Å². The molecule has 3 rings (SSSR count). The van der Waals surface area contributed by atoms with Crippen LogP contribution in [0, 0.1) is 0 Å². The van der Waals surface area contributed by atoms with Gasteiger partial charge in [-0.05, 0) is 17.2 Å². The van der Waals surface area contributed by atoms with Crippen molar-refractivity contribution in [1.82, 2.24) is 0 Å². The van der Waals surface area contributed by atoms with Crippen molar-refractivity contribution in [2.45, 2.75) is 19.3 Å². The molecule has 26 heavy (non-hydrogen) atoms. The van der Waals surface area contributed by atoms with E-state index in [2.05, 4.69) is 0 Å². The molecular weight excluding hydrogens is 324 g/mol. The summed E-state index contributed by atoms with van der Waals surface area (Å²) in [6.45, 7) is 1.24. The first-order chi connectivity index (χ1) is 12.8. The Kier molecular flexibility index (Phi) is 6.25. The Morgan fingerprint density at radius 1 is 0.692 bits per heavy atom. The van der Waals surface area contributed by atoms with Crippen molar-refractivity contribution in [2.24, 2.45) is 11.5 Å². The first kappa shape index (κ1) is 18.0. The van der Waals surface area contributed by atoms with Gasteiger partial charge in [0.05, 0.1) is 0 Å². The number of hydrogen-bond donors (Lipinski definition) is 2. The lowest BCUT2D eigenvalue weighted by molar-refractivity contribution is 0.252. The fourth-order valence-corrected chi connectivity index (χ4v) is 2.68. The largest absolute Gasteiger partial charge is 0.485 e. The molecule has 3 aromatic rings. The van der Waals surface area contributed by atoms with Crippen molar-refractivity contribution in [3.63, 3.8) is 0 Å². The highest BCUT2D eigenvalue weighted by Gasteiger charge is 2.16. The smallest absolute Gasteiger partial charge is 0.166 e. The van der Waals surface area contributed by atoms with Gasteiger partial charge in [0.2, 0.25) is 0 Å². The minimum Gasteiger partial charge on any atom is -0.485 e. The molecule has 0 heterocycles. The van der Waals surface area contributed by atoms with Gasteiger partial charge in [0, 0.05) is 18.2 Å². The average Bonchev–Trinajstić information content (AvgIpc) is 2.71. The molecular formula is C22H24N2O2. The molecule has 0 saturated carbocycles. The zero-order valence-corrected chi connectivity index (χ0v) is 14.7. The van der Waals surface area contributed by atoms with E-state index in [1.54, 1.807) is 0 Å². The molecule has 0 saturated heterocycles. The Bertz CT molecular complexity index is 807. The summed E-state index contributed by atoms with van der Waals surface area (Å²) >= 11 is 0. The van der Waals surface area contributed by atoms with Gasteiger partial charge in [-0.15, -0.1) is 0 Å². The molecule has 4 nitrogen and oxygen atoms in total. The Morgan fingerprint density at radius 2 is 1.27 bits per heavy atom. The lowest BCUT2D eigenvalue weighted by Crippen LogP contribution is -2.21. The fourth-order valence-electron chi connectivity index (χ4n) is 2.68. The molecule has 0 aliphatic rings. The van der Waals surface area contributed by atoms with E-state index in [0.717, 1.165) is 16.7 Å².